The fourth-order valence-corrected chi connectivity index (χ4v) is 4.56. The third-order valence-electron chi connectivity index (χ3n) is 5.30. The van der Waals surface area contributed by atoms with E-state index in [4.69, 9.17) is 9.47 Å². The van der Waals surface area contributed by atoms with Crippen molar-refractivity contribution in [2.75, 3.05) is 18.9 Å². The highest BCUT2D eigenvalue weighted by Crippen LogP contribution is 2.28. The van der Waals surface area contributed by atoms with Gasteiger partial charge in [0.05, 0.1) is 12.8 Å². The summed E-state index contributed by atoms with van der Waals surface area (Å²) in [5.41, 5.74) is 1.96. The zero-order valence-corrected chi connectivity index (χ0v) is 20.5. The molecule has 0 aliphatic carbocycles. The minimum Gasteiger partial charge on any atom is -0.481 e. The minimum absolute atomic E-state index is 0.00217. The highest BCUT2D eigenvalue weighted by Gasteiger charge is 2.34. The van der Waals surface area contributed by atoms with Crippen LogP contribution in [0, 0.1) is 6.92 Å². The number of pyridine rings is 1. The summed E-state index contributed by atoms with van der Waals surface area (Å²) >= 11 is 0. The Labute approximate surface area is 203 Å². The second kappa shape index (κ2) is 10.2. The van der Waals surface area contributed by atoms with Gasteiger partial charge < -0.3 is 9.47 Å². The van der Waals surface area contributed by atoms with Gasteiger partial charge in [0, 0.05) is 25.6 Å². The van der Waals surface area contributed by atoms with E-state index in [0.29, 0.717) is 23.1 Å². The zero-order chi connectivity index (χ0) is 25.0. The second-order valence-corrected chi connectivity index (χ2v) is 9.75. The Morgan fingerprint density at radius 1 is 0.971 bits per heavy atom. The van der Waals surface area contributed by atoms with Gasteiger partial charge in [0.2, 0.25) is 21.9 Å². The third-order valence-corrected chi connectivity index (χ3v) is 6.99. The lowest BCUT2D eigenvalue weighted by molar-refractivity contribution is 0.0949. The number of anilines is 1. The highest BCUT2D eigenvalue weighted by molar-refractivity contribution is 7.93. The van der Waals surface area contributed by atoms with E-state index in [0.717, 1.165) is 5.56 Å². The number of rotatable bonds is 9. The number of aryl methyl sites for hydroxylation is 1. The van der Waals surface area contributed by atoms with Gasteiger partial charge in [-0.2, -0.15) is 0 Å². The Kier molecular flexibility index (Phi) is 7.03. The molecule has 2 unspecified atom stereocenters. The summed E-state index contributed by atoms with van der Waals surface area (Å²) in [6.07, 6.45) is 2.32. The van der Waals surface area contributed by atoms with Crippen molar-refractivity contribution >= 4 is 16.0 Å². The summed E-state index contributed by atoms with van der Waals surface area (Å²) in [4.78, 5) is 12.9. The van der Waals surface area contributed by atoms with E-state index >= 15 is 0 Å². The van der Waals surface area contributed by atoms with Crippen molar-refractivity contribution in [3.63, 3.8) is 0 Å². The smallest absolute Gasteiger partial charge is 0.243 e. The van der Waals surface area contributed by atoms with Crippen molar-refractivity contribution < 1.29 is 17.9 Å². The lowest BCUT2D eigenvalue weighted by Crippen LogP contribution is -2.33. The molecule has 0 amide bonds. The van der Waals surface area contributed by atoms with Crippen LogP contribution in [-0.2, 0) is 14.8 Å². The van der Waals surface area contributed by atoms with Crippen LogP contribution in [0.25, 0.3) is 17.2 Å². The molecule has 182 valence electrons. The first-order valence-electron chi connectivity index (χ1n) is 10.7. The molecular formula is C23H25N7O4S. The standard InChI is InChI=1S/C23H25N7O4S/c1-15-13-24-21(25-14-15)20(34-4)16(2)35(31,32)29-23-28-27-22(18-11-8-12-19(26-18)33-3)30(23)17-9-6-5-7-10-17/h5-14,16,20H,1-4H3,(H,28,29). The molecule has 0 saturated heterocycles. The molecule has 0 aliphatic heterocycles. The molecule has 3 aromatic heterocycles. The number of benzene rings is 1. The van der Waals surface area contributed by atoms with Crippen LogP contribution in [0.15, 0.2) is 60.9 Å². The first-order chi connectivity index (χ1) is 16.8. The number of methoxy groups -OCH3 is 2. The van der Waals surface area contributed by atoms with Gasteiger partial charge in [-0.3, -0.25) is 9.29 Å². The van der Waals surface area contributed by atoms with E-state index in [2.05, 4.69) is 29.9 Å². The highest BCUT2D eigenvalue weighted by atomic mass is 32.2. The summed E-state index contributed by atoms with van der Waals surface area (Å²) in [5, 5.41) is 7.31. The van der Waals surface area contributed by atoms with E-state index in [-0.39, 0.29) is 11.8 Å². The van der Waals surface area contributed by atoms with E-state index in [9.17, 15) is 8.42 Å². The van der Waals surface area contributed by atoms with E-state index in [1.807, 2.05) is 37.3 Å². The topological polar surface area (TPSA) is 134 Å². The summed E-state index contributed by atoms with van der Waals surface area (Å²) < 4.78 is 41.6. The molecule has 1 N–H and O–H groups in total. The van der Waals surface area contributed by atoms with Crippen molar-refractivity contribution in [1.82, 2.24) is 29.7 Å². The van der Waals surface area contributed by atoms with E-state index in [1.165, 1.54) is 21.1 Å². The lowest BCUT2D eigenvalue weighted by Gasteiger charge is -2.22. The number of hydrogen-bond acceptors (Lipinski definition) is 9. The largest absolute Gasteiger partial charge is 0.481 e. The van der Waals surface area contributed by atoms with Crippen molar-refractivity contribution in [3.8, 4) is 23.1 Å². The van der Waals surface area contributed by atoms with Gasteiger partial charge in [-0.1, -0.05) is 24.3 Å². The van der Waals surface area contributed by atoms with Crippen LogP contribution in [0.5, 0.6) is 5.88 Å². The number of ether oxygens (including phenoxy) is 2. The van der Waals surface area contributed by atoms with Gasteiger partial charge in [-0.05, 0) is 37.6 Å². The van der Waals surface area contributed by atoms with Gasteiger partial charge in [0.25, 0.3) is 0 Å². The fourth-order valence-electron chi connectivity index (χ4n) is 3.43. The summed E-state index contributed by atoms with van der Waals surface area (Å²) in [7, 11) is -1.09. The Balaban J connectivity index is 1.74. The van der Waals surface area contributed by atoms with Crippen LogP contribution in [0.4, 0.5) is 5.95 Å². The molecule has 3 heterocycles. The molecule has 0 spiro atoms. The van der Waals surface area contributed by atoms with Gasteiger partial charge in [0.15, 0.2) is 11.6 Å². The lowest BCUT2D eigenvalue weighted by atomic mass is 10.2. The number of sulfonamides is 1. The van der Waals surface area contributed by atoms with Gasteiger partial charge >= 0.3 is 0 Å². The number of nitrogens with one attached hydrogen (secondary N) is 1. The normalized spacial score (nSPS) is 13.3. The molecule has 35 heavy (non-hydrogen) atoms. The van der Waals surface area contributed by atoms with Crippen LogP contribution >= 0.6 is 0 Å². The molecule has 0 radical (unpaired) electrons. The van der Waals surface area contributed by atoms with Crippen LogP contribution in [-0.4, -0.2) is 57.6 Å². The van der Waals surface area contributed by atoms with Crippen molar-refractivity contribution in [2.45, 2.75) is 25.2 Å². The Hall–Kier alpha value is -3.90. The minimum atomic E-state index is -4.02. The molecule has 0 saturated carbocycles. The fraction of sp³-hybridized carbons (Fsp3) is 0.261. The number of para-hydroxylation sites is 1. The molecule has 4 rings (SSSR count). The maximum atomic E-state index is 13.4. The number of hydrogen-bond donors (Lipinski definition) is 1. The average molecular weight is 496 g/mol. The van der Waals surface area contributed by atoms with Crippen molar-refractivity contribution in [1.29, 1.82) is 0 Å². The molecule has 0 fully saturated rings. The first-order valence-corrected chi connectivity index (χ1v) is 12.2. The predicted molar refractivity (Wildman–Crippen MR) is 130 cm³/mol. The maximum Gasteiger partial charge on any atom is 0.243 e. The molecule has 0 aliphatic rings. The summed E-state index contributed by atoms with van der Waals surface area (Å²) in [6, 6.07) is 14.3. The van der Waals surface area contributed by atoms with Crippen LogP contribution < -0.4 is 9.46 Å². The molecule has 2 atom stereocenters. The van der Waals surface area contributed by atoms with E-state index in [1.54, 1.807) is 35.2 Å². The summed E-state index contributed by atoms with van der Waals surface area (Å²) in [5.74, 6) is 0.997. The Morgan fingerprint density at radius 3 is 2.34 bits per heavy atom. The Morgan fingerprint density at radius 2 is 1.69 bits per heavy atom. The maximum absolute atomic E-state index is 13.4. The number of aromatic nitrogens is 6. The van der Waals surface area contributed by atoms with Crippen molar-refractivity contribution in [2.24, 2.45) is 0 Å². The first kappa shape index (κ1) is 24.2. The zero-order valence-electron chi connectivity index (χ0n) is 19.7. The molecule has 1 aromatic carbocycles. The summed E-state index contributed by atoms with van der Waals surface area (Å²) in [6.45, 7) is 3.37. The monoisotopic (exact) mass is 495 g/mol. The molecule has 4 aromatic rings. The number of nitrogens with zero attached hydrogens (tertiary/aromatic N) is 6. The SMILES string of the molecule is COc1cccc(-c2nnc(NS(=O)(=O)C(C)C(OC)c3ncc(C)cn3)n2-c2ccccc2)n1. The quantitative estimate of drug-likeness (QED) is 0.372. The van der Waals surface area contributed by atoms with E-state index < -0.39 is 21.4 Å². The average Bonchev–Trinajstić information content (AvgIpc) is 3.29. The second-order valence-electron chi connectivity index (χ2n) is 7.71. The molecule has 0 bridgehead atoms. The van der Waals surface area contributed by atoms with Gasteiger partial charge in [0.1, 0.15) is 17.0 Å². The molecule has 11 nitrogen and oxygen atoms in total. The molecule has 12 heteroatoms. The van der Waals surface area contributed by atoms with Crippen LogP contribution in [0.3, 0.4) is 0 Å². The third kappa shape index (κ3) is 5.12. The van der Waals surface area contributed by atoms with Crippen LogP contribution in [0.2, 0.25) is 0 Å². The van der Waals surface area contributed by atoms with Crippen molar-refractivity contribution in [3.05, 3.63) is 72.3 Å². The van der Waals surface area contributed by atoms with Gasteiger partial charge in [-0.25, -0.2) is 23.4 Å². The Bertz CT molecular complexity index is 1390. The van der Waals surface area contributed by atoms with Gasteiger partial charge in [-0.15, -0.1) is 10.2 Å². The van der Waals surface area contributed by atoms with Crippen LogP contribution in [0.1, 0.15) is 24.4 Å². The molecular weight excluding hydrogens is 470 g/mol. The predicted octanol–water partition coefficient (Wildman–Crippen LogP) is 2.95.